The Hall–Kier alpha value is -1.44. The largest absolute Gasteiger partial charge is 0.264 e. The van der Waals surface area contributed by atoms with Crippen LogP contribution in [0.4, 0.5) is 4.39 Å². The Morgan fingerprint density at radius 2 is 1.30 bits per heavy atom. The van der Waals surface area contributed by atoms with Crippen LogP contribution in [0.2, 0.25) is 0 Å². The smallest absolute Gasteiger partial charge is 0.0894 e. The zero-order chi connectivity index (χ0) is 16.6. The van der Waals surface area contributed by atoms with Crippen LogP contribution in [0.15, 0.2) is 42.7 Å². The highest BCUT2D eigenvalue weighted by atomic mass is 19.1. The molecule has 0 saturated carbocycles. The monoisotopic (exact) mass is 317 g/mol. The Kier molecular flexibility index (Phi) is 12.1. The summed E-state index contributed by atoms with van der Waals surface area (Å²) in [6.07, 6.45) is 16.4. The summed E-state index contributed by atoms with van der Waals surface area (Å²) in [5.74, 6) is 0. The van der Waals surface area contributed by atoms with Crippen LogP contribution in [0.25, 0.3) is 10.8 Å². The van der Waals surface area contributed by atoms with Crippen LogP contribution in [0, 0.1) is 0 Å². The summed E-state index contributed by atoms with van der Waals surface area (Å²) in [5, 5.41) is 2.45. The second-order valence-corrected chi connectivity index (χ2v) is 6.09. The number of hydrogen-bond donors (Lipinski definition) is 0. The number of fused-ring (bicyclic) bond motifs is 1. The molecule has 0 aliphatic rings. The van der Waals surface area contributed by atoms with E-state index in [4.69, 9.17) is 0 Å². The van der Waals surface area contributed by atoms with Gasteiger partial charge in [-0.2, -0.15) is 0 Å². The van der Waals surface area contributed by atoms with Crippen molar-refractivity contribution in [2.45, 2.75) is 71.1 Å². The fourth-order valence-corrected chi connectivity index (χ4v) is 2.61. The number of nitrogens with zero attached hydrogens (tertiary/aromatic N) is 1. The Morgan fingerprint density at radius 1 is 0.739 bits per heavy atom. The van der Waals surface area contributed by atoms with Gasteiger partial charge in [-0.05, 0) is 23.3 Å². The number of halogens is 1. The van der Waals surface area contributed by atoms with E-state index < -0.39 is 0 Å². The van der Waals surface area contributed by atoms with Crippen LogP contribution in [0.1, 0.15) is 71.1 Å². The van der Waals surface area contributed by atoms with Crippen LogP contribution < -0.4 is 0 Å². The minimum atomic E-state index is -0.128. The van der Waals surface area contributed by atoms with Crippen molar-refractivity contribution in [3.63, 3.8) is 0 Å². The molecule has 0 aliphatic carbocycles. The first-order valence-corrected chi connectivity index (χ1v) is 9.23. The zero-order valence-electron chi connectivity index (χ0n) is 14.6. The van der Waals surface area contributed by atoms with E-state index in [1.165, 1.54) is 62.1 Å². The molecule has 0 atom stereocenters. The third-order valence-corrected chi connectivity index (χ3v) is 4.04. The highest BCUT2D eigenvalue weighted by Crippen LogP contribution is 2.10. The van der Waals surface area contributed by atoms with Gasteiger partial charge in [-0.15, -0.1) is 0 Å². The van der Waals surface area contributed by atoms with Crippen molar-refractivity contribution in [2.24, 2.45) is 0 Å². The van der Waals surface area contributed by atoms with Crippen molar-refractivity contribution in [2.75, 3.05) is 6.67 Å². The van der Waals surface area contributed by atoms with Crippen molar-refractivity contribution in [3.8, 4) is 0 Å². The standard InChI is InChI=1S/C12H25F.C9H7N/c1-2-3-4-5-6-7-8-9-10-11-12-13;1-2-4-9-7-10-6-5-8(9)3-1/h2-12H2,1H3;1-7H. The molecule has 0 saturated heterocycles. The van der Waals surface area contributed by atoms with Crippen molar-refractivity contribution >= 4 is 10.8 Å². The van der Waals surface area contributed by atoms with Crippen molar-refractivity contribution < 1.29 is 4.39 Å². The molecule has 2 rings (SSSR count). The lowest BCUT2D eigenvalue weighted by atomic mass is 10.1. The molecule has 0 unspecified atom stereocenters. The van der Waals surface area contributed by atoms with Crippen LogP contribution in [0.3, 0.4) is 0 Å². The number of hydrogen-bond acceptors (Lipinski definition) is 1. The molecule has 1 nitrogen and oxygen atoms in total. The molecular formula is C21H32FN. The highest BCUT2D eigenvalue weighted by Gasteiger charge is 1.91. The fraction of sp³-hybridized carbons (Fsp3) is 0.571. The van der Waals surface area contributed by atoms with Gasteiger partial charge in [-0.25, -0.2) is 0 Å². The third kappa shape index (κ3) is 10.0. The van der Waals surface area contributed by atoms with Gasteiger partial charge in [0.05, 0.1) is 6.67 Å². The van der Waals surface area contributed by atoms with E-state index in [1.54, 1.807) is 0 Å². The number of alkyl halides is 1. The van der Waals surface area contributed by atoms with Gasteiger partial charge in [-0.1, -0.05) is 89.0 Å². The molecule has 128 valence electrons. The summed E-state index contributed by atoms with van der Waals surface area (Å²) in [4.78, 5) is 4.01. The Balaban J connectivity index is 0.000000235. The molecule has 0 bridgehead atoms. The third-order valence-electron chi connectivity index (χ3n) is 4.04. The molecule has 0 amide bonds. The SMILES string of the molecule is CCCCCCCCCCCCF.c1ccc2cnccc2c1. The summed E-state index contributed by atoms with van der Waals surface area (Å²) >= 11 is 0. The van der Waals surface area contributed by atoms with Crippen molar-refractivity contribution in [1.82, 2.24) is 4.98 Å². The van der Waals surface area contributed by atoms with Crippen LogP contribution in [0.5, 0.6) is 0 Å². The molecule has 1 aromatic carbocycles. The van der Waals surface area contributed by atoms with Crippen LogP contribution in [-0.4, -0.2) is 11.7 Å². The Labute approximate surface area is 141 Å². The van der Waals surface area contributed by atoms with Gasteiger partial charge in [0.1, 0.15) is 0 Å². The van der Waals surface area contributed by atoms with E-state index in [0.29, 0.717) is 0 Å². The topological polar surface area (TPSA) is 12.9 Å². The number of rotatable bonds is 10. The van der Waals surface area contributed by atoms with Crippen LogP contribution in [-0.2, 0) is 0 Å². The molecule has 1 heterocycles. The van der Waals surface area contributed by atoms with E-state index in [1.807, 2.05) is 30.6 Å². The van der Waals surface area contributed by atoms with E-state index in [2.05, 4.69) is 24.0 Å². The van der Waals surface area contributed by atoms with Gasteiger partial charge in [0.25, 0.3) is 0 Å². The predicted octanol–water partition coefficient (Wildman–Crippen LogP) is 7.11. The summed E-state index contributed by atoms with van der Waals surface area (Å²) in [6.45, 7) is 2.12. The summed E-state index contributed by atoms with van der Waals surface area (Å²) < 4.78 is 11.7. The zero-order valence-corrected chi connectivity index (χ0v) is 14.6. The van der Waals surface area contributed by atoms with Gasteiger partial charge < -0.3 is 0 Å². The average molecular weight is 317 g/mol. The van der Waals surface area contributed by atoms with E-state index in [0.717, 1.165) is 12.8 Å². The first-order valence-electron chi connectivity index (χ1n) is 9.23. The number of pyridine rings is 1. The van der Waals surface area contributed by atoms with Gasteiger partial charge in [-0.3, -0.25) is 9.37 Å². The maximum absolute atomic E-state index is 11.7. The molecule has 0 aliphatic heterocycles. The number of benzene rings is 1. The lowest BCUT2D eigenvalue weighted by molar-refractivity contribution is 0.449. The van der Waals surface area contributed by atoms with Gasteiger partial charge in [0.2, 0.25) is 0 Å². The summed E-state index contributed by atoms with van der Waals surface area (Å²) in [5.41, 5.74) is 0. The number of unbranched alkanes of at least 4 members (excludes halogenated alkanes) is 9. The predicted molar refractivity (Wildman–Crippen MR) is 99.6 cm³/mol. The second-order valence-electron chi connectivity index (χ2n) is 6.09. The fourth-order valence-electron chi connectivity index (χ4n) is 2.61. The Bertz CT molecular complexity index is 422. The molecule has 23 heavy (non-hydrogen) atoms. The van der Waals surface area contributed by atoms with Gasteiger partial charge >= 0.3 is 0 Å². The van der Waals surface area contributed by atoms with E-state index in [9.17, 15) is 4.39 Å². The average Bonchev–Trinajstić information content (AvgIpc) is 2.61. The summed E-state index contributed by atoms with van der Waals surface area (Å²) in [6, 6.07) is 10.2. The minimum absolute atomic E-state index is 0.128. The molecule has 0 radical (unpaired) electrons. The lowest BCUT2D eigenvalue weighted by Crippen LogP contribution is -1.82. The Morgan fingerprint density at radius 3 is 1.87 bits per heavy atom. The maximum Gasteiger partial charge on any atom is 0.0894 e. The van der Waals surface area contributed by atoms with Crippen molar-refractivity contribution in [1.29, 1.82) is 0 Å². The van der Waals surface area contributed by atoms with E-state index in [-0.39, 0.29) is 6.67 Å². The maximum atomic E-state index is 11.7. The molecule has 1 aromatic heterocycles. The first kappa shape index (κ1) is 19.6. The molecule has 0 spiro atoms. The molecule has 0 fully saturated rings. The van der Waals surface area contributed by atoms with Crippen molar-refractivity contribution in [3.05, 3.63) is 42.7 Å². The van der Waals surface area contributed by atoms with E-state index >= 15 is 0 Å². The lowest BCUT2D eigenvalue weighted by Gasteiger charge is -2.00. The molecule has 0 N–H and O–H groups in total. The van der Waals surface area contributed by atoms with Gasteiger partial charge in [0, 0.05) is 12.4 Å². The first-order chi connectivity index (χ1) is 11.4. The number of aromatic nitrogens is 1. The minimum Gasteiger partial charge on any atom is -0.264 e. The normalized spacial score (nSPS) is 10.3. The molecular weight excluding hydrogens is 285 g/mol. The van der Waals surface area contributed by atoms with Gasteiger partial charge in [0.15, 0.2) is 0 Å². The molecule has 2 aromatic rings. The highest BCUT2D eigenvalue weighted by molar-refractivity contribution is 5.80. The quantitative estimate of drug-likeness (QED) is 0.425. The second kappa shape index (κ2) is 14.2. The van der Waals surface area contributed by atoms with Crippen LogP contribution >= 0.6 is 0 Å². The molecule has 2 heteroatoms. The summed E-state index contributed by atoms with van der Waals surface area (Å²) in [7, 11) is 0.